The van der Waals surface area contributed by atoms with E-state index in [0.717, 1.165) is 42.8 Å². The van der Waals surface area contributed by atoms with E-state index in [2.05, 4.69) is 10.4 Å². The Morgan fingerprint density at radius 3 is 2.86 bits per heavy atom. The van der Waals surface area contributed by atoms with Crippen molar-refractivity contribution in [2.45, 2.75) is 38.6 Å². The summed E-state index contributed by atoms with van der Waals surface area (Å²) in [5, 5.41) is 7.47. The third-order valence-corrected chi connectivity index (χ3v) is 4.22. The second-order valence-corrected chi connectivity index (χ2v) is 6.03. The Labute approximate surface area is 130 Å². The van der Waals surface area contributed by atoms with Crippen LogP contribution in [0.15, 0.2) is 36.5 Å². The summed E-state index contributed by atoms with van der Waals surface area (Å²) >= 11 is 0. The largest absolute Gasteiger partial charge is 0.328 e. The Morgan fingerprint density at radius 1 is 1.32 bits per heavy atom. The zero-order valence-corrected chi connectivity index (χ0v) is 12.8. The number of nitrogens with one attached hydrogen (secondary N) is 1. The molecule has 1 aromatic heterocycles. The van der Waals surface area contributed by atoms with Crippen molar-refractivity contribution in [3.63, 3.8) is 0 Å². The Morgan fingerprint density at radius 2 is 2.14 bits per heavy atom. The molecule has 1 fully saturated rings. The third-order valence-electron chi connectivity index (χ3n) is 4.22. The smallest absolute Gasteiger partial charge is 0.227 e. The van der Waals surface area contributed by atoms with Crippen LogP contribution in [0, 0.1) is 12.8 Å². The van der Waals surface area contributed by atoms with Crippen LogP contribution in [-0.4, -0.2) is 21.7 Å². The number of amides is 1. The van der Waals surface area contributed by atoms with Crippen molar-refractivity contribution in [1.29, 1.82) is 0 Å². The zero-order chi connectivity index (χ0) is 15.5. The summed E-state index contributed by atoms with van der Waals surface area (Å²) in [7, 11) is 0. The van der Waals surface area contributed by atoms with Gasteiger partial charge in [-0.05, 0) is 44.4 Å². The number of rotatable bonds is 3. The lowest BCUT2D eigenvalue weighted by molar-refractivity contribution is -0.120. The van der Waals surface area contributed by atoms with Gasteiger partial charge >= 0.3 is 0 Å². The topological polar surface area (TPSA) is 72.9 Å². The molecule has 22 heavy (non-hydrogen) atoms. The number of benzene rings is 1. The van der Waals surface area contributed by atoms with E-state index < -0.39 is 0 Å². The van der Waals surface area contributed by atoms with E-state index in [1.807, 2.05) is 43.5 Å². The number of carbonyl (C=O) groups is 1. The summed E-state index contributed by atoms with van der Waals surface area (Å²) in [5.74, 6) is 0.0719. The number of nitrogens with two attached hydrogens (primary N) is 1. The SMILES string of the molecule is Cc1ccn(-c2ccccc2NC(=O)C2CCCC(N)C2)n1. The highest BCUT2D eigenvalue weighted by Gasteiger charge is 2.25. The summed E-state index contributed by atoms with van der Waals surface area (Å²) in [4.78, 5) is 12.5. The maximum Gasteiger partial charge on any atom is 0.227 e. The van der Waals surface area contributed by atoms with Crippen LogP contribution in [0.4, 0.5) is 5.69 Å². The number of para-hydroxylation sites is 2. The van der Waals surface area contributed by atoms with Gasteiger partial charge in [-0.2, -0.15) is 5.10 Å². The van der Waals surface area contributed by atoms with Crippen molar-refractivity contribution in [1.82, 2.24) is 9.78 Å². The predicted molar refractivity (Wildman–Crippen MR) is 86.9 cm³/mol. The maximum atomic E-state index is 12.5. The summed E-state index contributed by atoms with van der Waals surface area (Å²) in [6.45, 7) is 1.95. The molecule has 1 aliphatic carbocycles. The molecule has 2 atom stereocenters. The third kappa shape index (κ3) is 3.20. The van der Waals surface area contributed by atoms with Crippen molar-refractivity contribution in [3.05, 3.63) is 42.2 Å². The van der Waals surface area contributed by atoms with Crippen LogP contribution in [0.25, 0.3) is 5.69 Å². The second kappa shape index (κ2) is 6.32. The monoisotopic (exact) mass is 298 g/mol. The van der Waals surface area contributed by atoms with E-state index in [1.54, 1.807) is 4.68 Å². The molecule has 3 N–H and O–H groups in total. The normalized spacial score (nSPS) is 21.5. The number of hydrogen-bond donors (Lipinski definition) is 2. The minimum atomic E-state index is 0.0103. The van der Waals surface area contributed by atoms with Crippen LogP contribution in [0.2, 0.25) is 0 Å². The van der Waals surface area contributed by atoms with Gasteiger partial charge in [-0.3, -0.25) is 4.79 Å². The molecule has 2 unspecified atom stereocenters. The fourth-order valence-corrected chi connectivity index (χ4v) is 3.03. The van der Waals surface area contributed by atoms with Gasteiger partial charge in [-0.25, -0.2) is 4.68 Å². The molecule has 0 bridgehead atoms. The number of anilines is 1. The van der Waals surface area contributed by atoms with Crippen molar-refractivity contribution in [3.8, 4) is 5.69 Å². The van der Waals surface area contributed by atoms with E-state index >= 15 is 0 Å². The molecule has 0 radical (unpaired) electrons. The molecular formula is C17H22N4O. The van der Waals surface area contributed by atoms with Gasteiger partial charge in [0.2, 0.25) is 5.91 Å². The number of carbonyl (C=O) groups excluding carboxylic acids is 1. The van der Waals surface area contributed by atoms with E-state index in [9.17, 15) is 4.79 Å². The Hall–Kier alpha value is -2.14. The van der Waals surface area contributed by atoms with Crippen LogP contribution in [0.1, 0.15) is 31.4 Å². The highest BCUT2D eigenvalue weighted by molar-refractivity contribution is 5.94. The van der Waals surface area contributed by atoms with Crippen LogP contribution in [0.3, 0.4) is 0 Å². The van der Waals surface area contributed by atoms with Gasteiger partial charge in [-0.15, -0.1) is 0 Å². The van der Waals surface area contributed by atoms with Gasteiger partial charge < -0.3 is 11.1 Å². The maximum absolute atomic E-state index is 12.5. The molecule has 1 aliphatic rings. The molecule has 0 spiro atoms. The molecule has 116 valence electrons. The van der Waals surface area contributed by atoms with Gasteiger partial charge in [0.15, 0.2) is 0 Å². The average molecular weight is 298 g/mol. The van der Waals surface area contributed by atoms with Gasteiger partial charge in [0, 0.05) is 18.2 Å². The fourth-order valence-electron chi connectivity index (χ4n) is 3.03. The fraction of sp³-hybridized carbons (Fsp3) is 0.412. The molecule has 1 heterocycles. The van der Waals surface area contributed by atoms with Crippen LogP contribution in [-0.2, 0) is 4.79 Å². The summed E-state index contributed by atoms with van der Waals surface area (Å²) in [5.41, 5.74) is 8.60. The Kier molecular flexibility index (Phi) is 4.24. The lowest BCUT2D eigenvalue weighted by Crippen LogP contribution is -2.34. The van der Waals surface area contributed by atoms with Crippen LogP contribution < -0.4 is 11.1 Å². The molecule has 0 aliphatic heterocycles. The van der Waals surface area contributed by atoms with Crippen LogP contribution >= 0.6 is 0 Å². The first-order chi connectivity index (χ1) is 10.6. The summed E-state index contributed by atoms with van der Waals surface area (Å²) in [6, 6.07) is 9.81. The van der Waals surface area contributed by atoms with Crippen LogP contribution in [0.5, 0.6) is 0 Å². The molecule has 0 saturated heterocycles. The van der Waals surface area contributed by atoms with Gasteiger partial charge in [0.05, 0.1) is 17.1 Å². The first-order valence-electron chi connectivity index (χ1n) is 7.81. The summed E-state index contributed by atoms with van der Waals surface area (Å²) < 4.78 is 1.79. The Balaban J connectivity index is 1.79. The number of aryl methyl sites for hydroxylation is 1. The quantitative estimate of drug-likeness (QED) is 0.915. The van der Waals surface area contributed by atoms with Gasteiger partial charge in [0.25, 0.3) is 0 Å². The van der Waals surface area contributed by atoms with E-state index in [4.69, 9.17) is 5.73 Å². The van der Waals surface area contributed by atoms with E-state index in [0.29, 0.717) is 0 Å². The molecule has 1 amide bonds. The molecule has 1 saturated carbocycles. The van der Waals surface area contributed by atoms with Crippen molar-refractivity contribution in [2.24, 2.45) is 11.7 Å². The van der Waals surface area contributed by atoms with Crippen molar-refractivity contribution >= 4 is 11.6 Å². The second-order valence-electron chi connectivity index (χ2n) is 6.03. The highest BCUT2D eigenvalue weighted by Crippen LogP contribution is 2.26. The van der Waals surface area contributed by atoms with Crippen molar-refractivity contribution < 1.29 is 4.79 Å². The minimum absolute atomic E-state index is 0.0103. The molecule has 3 rings (SSSR count). The minimum Gasteiger partial charge on any atom is -0.328 e. The summed E-state index contributed by atoms with van der Waals surface area (Å²) in [6.07, 6.45) is 5.64. The standard InChI is InChI=1S/C17H22N4O/c1-12-9-10-21(20-12)16-8-3-2-7-15(16)19-17(22)13-5-4-6-14(18)11-13/h2-3,7-10,13-14H,4-6,11,18H2,1H3,(H,19,22). The zero-order valence-electron chi connectivity index (χ0n) is 12.8. The molecular weight excluding hydrogens is 276 g/mol. The van der Waals surface area contributed by atoms with E-state index in [-0.39, 0.29) is 17.9 Å². The first kappa shape index (κ1) is 14.8. The molecule has 5 heteroatoms. The molecule has 5 nitrogen and oxygen atoms in total. The molecule has 2 aromatic rings. The number of hydrogen-bond acceptors (Lipinski definition) is 3. The number of aromatic nitrogens is 2. The van der Waals surface area contributed by atoms with Gasteiger partial charge in [-0.1, -0.05) is 18.6 Å². The van der Waals surface area contributed by atoms with Gasteiger partial charge in [0.1, 0.15) is 0 Å². The van der Waals surface area contributed by atoms with Crippen molar-refractivity contribution in [2.75, 3.05) is 5.32 Å². The predicted octanol–water partition coefficient (Wildman–Crippen LogP) is 2.64. The highest BCUT2D eigenvalue weighted by atomic mass is 16.1. The lowest BCUT2D eigenvalue weighted by Gasteiger charge is -2.26. The lowest BCUT2D eigenvalue weighted by atomic mass is 9.85. The molecule has 1 aromatic carbocycles. The number of nitrogens with zero attached hydrogens (tertiary/aromatic N) is 2. The van der Waals surface area contributed by atoms with E-state index in [1.165, 1.54) is 0 Å². The first-order valence-corrected chi connectivity index (χ1v) is 7.81. The average Bonchev–Trinajstić information content (AvgIpc) is 2.94. The Bertz CT molecular complexity index is 664.